The summed E-state index contributed by atoms with van der Waals surface area (Å²) >= 11 is 2.19. The van der Waals surface area contributed by atoms with Crippen molar-refractivity contribution in [3.05, 3.63) is 63.0 Å². The van der Waals surface area contributed by atoms with Crippen LogP contribution in [0.15, 0.2) is 42.5 Å². The number of benzene rings is 2. The highest BCUT2D eigenvalue weighted by Crippen LogP contribution is 2.23. The van der Waals surface area contributed by atoms with Gasteiger partial charge in [-0.05, 0) is 52.4 Å². The van der Waals surface area contributed by atoms with E-state index in [-0.39, 0.29) is 23.5 Å². The third-order valence-corrected chi connectivity index (χ3v) is 3.47. The number of ether oxygens (including phenoxy) is 1. The van der Waals surface area contributed by atoms with Gasteiger partial charge in [0.05, 0.1) is 12.7 Å². The number of halogens is 2. The maximum atomic E-state index is 13.8. The molecule has 0 unspecified atom stereocenters. The van der Waals surface area contributed by atoms with Gasteiger partial charge in [0.25, 0.3) is 0 Å². The molecule has 0 aromatic heterocycles. The Bertz CT molecular complexity index is 594. The average Bonchev–Trinajstić information content (AvgIpc) is 2.40. The summed E-state index contributed by atoms with van der Waals surface area (Å²) in [7, 11) is 1.43. The number of rotatable bonds is 4. The van der Waals surface area contributed by atoms with Crippen LogP contribution in [0.3, 0.4) is 0 Å². The largest absolute Gasteiger partial charge is 0.496 e. The number of carbonyl (C=O) groups excluding carboxylic acids is 1. The molecule has 0 atom stereocenters. The molecule has 0 heterocycles. The van der Waals surface area contributed by atoms with Crippen LogP contribution in [0.2, 0.25) is 0 Å². The quantitative estimate of drug-likeness (QED) is 0.604. The van der Waals surface area contributed by atoms with Gasteiger partial charge in [0.2, 0.25) is 0 Å². The number of methoxy groups -OCH3 is 1. The van der Waals surface area contributed by atoms with Crippen LogP contribution < -0.4 is 4.74 Å². The number of hydrogen-bond donors (Lipinski definition) is 0. The lowest BCUT2D eigenvalue weighted by Gasteiger charge is -2.08. The Morgan fingerprint density at radius 2 is 1.89 bits per heavy atom. The topological polar surface area (TPSA) is 26.3 Å². The van der Waals surface area contributed by atoms with Crippen molar-refractivity contribution < 1.29 is 13.9 Å². The Balaban J connectivity index is 2.27. The summed E-state index contributed by atoms with van der Waals surface area (Å²) in [5.74, 6) is -0.554. The van der Waals surface area contributed by atoms with E-state index in [2.05, 4.69) is 22.6 Å². The predicted molar refractivity (Wildman–Crippen MR) is 80.1 cm³/mol. The second-order valence-electron chi connectivity index (χ2n) is 4.04. The summed E-state index contributed by atoms with van der Waals surface area (Å²) in [4.78, 5) is 12.2. The molecular formula is C15H12FIO2. The summed E-state index contributed by atoms with van der Waals surface area (Å²) < 4.78 is 19.9. The zero-order valence-electron chi connectivity index (χ0n) is 10.3. The average molecular weight is 370 g/mol. The monoisotopic (exact) mass is 370 g/mol. The highest BCUT2D eigenvalue weighted by molar-refractivity contribution is 14.1. The van der Waals surface area contributed by atoms with Crippen molar-refractivity contribution in [3.8, 4) is 5.75 Å². The van der Waals surface area contributed by atoms with Gasteiger partial charge in [-0.2, -0.15) is 0 Å². The fourth-order valence-electron chi connectivity index (χ4n) is 1.82. The molecule has 0 radical (unpaired) electrons. The molecule has 0 amide bonds. The maximum absolute atomic E-state index is 13.8. The highest BCUT2D eigenvalue weighted by Gasteiger charge is 2.17. The lowest BCUT2D eigenvalue weighted by Crippen LogP contribution is -2.08. The van der Waals surface area contributed by atoms with E-state index >= 15 is 0 Å². The standard InChI is InChI=1S/C15H12FIO2/c1-19-14-4-2-3-12(16)15(14)13(18)9-10-5-7-11(17)8-6-10/h2-8H,9H2,1H3. The van der Waals surface area contributed by atoms with Gasteiger partial charge in [-0.25, -0.2) is 4.39 Å². The normalized spacial score (nSPS) is 10.3. The van der Waals surface area contributed by atoms with E-state index in [4.69, 9.17) is 4.74 Å². The zero-order valence-corrected chi connectivity index (χ0v) is 12.5. The first-order chi connectivity index (χ1) is 9.11. The van der Waals surface area contributed by atoms with Crippen molar-refractivity contribution in [1.82, 2.24) is 0 Å². The molecule has 98 valence electrons. The first-order valence-corrected chi connectivity index (χ1v) is 6.80. The summed E-state index contributed by atoms with van der Waals surface area (Å²) in [6.07, 6.45) is 0.161. The molecule has 0 aliphatic heterocycles. The second kappa shape index (κ2) is 6.14. The number of hydrogen-bond acceptors (Lipinski definition) is 2. The molecule has 0 bridgehead atoms. The van der Waals surface area contributed by atoms with E-state index < -0.39 is 5.82 Å². The van der Waals surface area contributed by atoms with Gasteiger partial charge < -0.3 is 4.74 Å². The third-order valence-electron chi connectivity index (χ3n) is 2.75. The van der Waals surface area contributed by atoms with E-state index in [0.717, 1.165) is 9.13 Å². The molecule has 0 saturated carbocycles. The molecule has 2 aromatic rings. The number of carbonyl (C=O) groups is 1. The Kier molecular flexibility index (Phi) is 4.52. The van der Waals surface area contributed by atoms with Gasteiger partial charge in [0.15, 0.2) is 5.78 Å². The van der Waals surface area contributed by atoms with Gasteiger partial charge in [-0.15, -0.1) is 0 Å². The minimum absolute atomic E-state index is 0.0172. The van der Waals surface area contributed by atoms with Crippen LogP contribution >= 0.6 is 22.6 Å². The summed E-state index contributed by atoms with van der Waals surface area (Å²) in [5.41, 5.74) is 0.874. The van der Waals surface area contributed by atoms with Gasteiger partial charge >= 0.3 is 0 Å². The summed E-state index contributed by atoms with van der Waals surface area (Å²) in [6, 6.07) is 12.0. The first kappa shape index (κ1) is 14.0. The van der Waals surface area contributed by atoms with Gasteiger partial charge in [0.1, 0.15) is 11.6 Å². The molecular weight excluding hydrogens is 358 g/mol. The van der Waals surface area contributed by atoms with Crippen LogP contribution in [-0.4, -0.2) is 12.9 Å². The Morgan fingerprint density at radius 3 is 2.53 bits per heavy atom. The minimum Gasteiger partial charge on any atom is -0.496 e. The third kappa shape index (κ3) is 3.32. The smallest absolute Gasteiger partial charge is 0.173 e. The van der Waals surface area contributed by atoms with Crippen molar-refractivity contribution in [2.75, 3.05) is 7.11 Å². The van der Waals surface area contributed by atoms with Crippen LogP contribution in [0.1, 0.15) is 15.9 Å². The molecule has 0 N–H and O–H groups in total. The van der Waals surface area contributed by atoms with E-state index in [0.29, 0.717) is 0 Å². The number of Topliss-reactive ketones (excluding diaryl/α,β-unsaturated/α-hetero) is 1. The molecule has 2 aromatic carbocycles. The lowest BCUT2D eigenvalue weighted by molar-refractivity contribution is 0.0986. The van der Waals surface area contributed by atoms with Crippen LogP contribution in [0.25, 0.3) is 0 Å². The van der Waals surface area contributed by atoms with Crippen molar-refractivity contribution in [2.45, 2.75) is 6.42 Å². The van der Waals surface area contributed by atoms with E-state index in [1.54, 1.807) is 6.07 Å². The molecule has 2 rings (SSSR count). The molecule has 0 fully saturated rings. The predicted octanol–water partition coefficient (Wildman–Crippen LogP) is 3.86. The highest BCUT2D eigenvalue weighted by atomic mass is 127. The van der Waals surface area contributed by atoms with E-state index in [1.165, 1.54) is 19.2 Å². The minimum atomic E-state index is -0.546. The summed E-state index contributed by atoms with van der Waals surface area (Å²) in [5, 5.41) is 0. The molecule has 0 aliphatic carbocycles. The molecule has 19 heavy (non-hydrogen) atoms. The second-order valence-corrected chi connectivity index (χ2v) is 5.29. The van der Waals surface area contributed by atoms with Crippen LogP contribution in [-0.2, 0) is 6.42 Å². The molecule has 0 aliphatic rings. The summed E-state index contributed by atoms with van der Waals surface area (Å²) in [6.45, 7) is 0. The Morgan fingerprint density at radius 1 is 1.21 bits per heavy atom. The van der Waals surface area contributed by atoms with E-state index in [9.17, 15) is 9.18 Å². The Labute approximate surface area is 124 Å². The van der Waals surface area contributed by atoms with Crippen LogP contribution in [0.4, 0.5) is 4.39 Å². The Hall–Kier alpha value is -1.43. The van der Waals surface area contributed by atoms with E-state index in [1.807, 2.05) is 24.3 Å². The fraction of sp³-hybridized carbons (Fsp3) is 0.133. The van der Waals surface area contributed by atoms with Crippen molar-refractivity contribution in [1.29, 1.82) is 0 Å². The first-order valence-electron chi connectivity index (χ1n) is 5.72. The molecule has 2 nitrogen and oxygen atoms in total. The van der Waals surface area contributed by atoms with Crippen molar-refractivity contribution in [2.24, 2.45) is 0 Å². The molecule has 0 saturated heterocycles. The SMILES string of the molecule is COc1cccc(F)c1C(=O)Cc1ccc(I)cc1. The van der Waals surface area contributed by atoms with Crippen molar-refractivity contribution in [3.63, 3.8) is 0 Å². The fourth-order valence-corrected chi connectivity index (χ4v) is 2.18. The van der Waals surface area contributed by atoms with Gasteiger partial charge in [-0.1, -0.05) is 18.2 Å². The lowest BCUT2D eigenvalue weighted by atomic mass is 10.0. The van der Waals surface area contributed by atoms with Gasteiger partial charge in [0, 0.05) is 9.99 Å². The van der Waals surface area contributed by atoms with Gasteiger partial charge in [-0.3, -0.25) is 4.79 Å². The van der Waals surface area contributed by atoms with Crippen LogP contribution in [0, 0.1) is 9.39 Å². The number of ketones is 1. The molecule has 4 heteroatoms. The zero-order chi connectivity index (χ0) is 13.8. The molecule has 0 spiro atoms. The van der Waals surface area contributed by atoms with Crippen LogP contribution in [0.5, 0.6) is 5.75 Å². The van der Waals surface area contributed by atoms with Crippen molar-refractivity contribution >= 4 is 28.4 Å². The maximum Gasteiger partial charge on any atom is 0.173 e.